The molecule has 0 radical (unpaired) electrons. The van der Waals surface area contributed by atoms with Gasteiger partial charge < -0.3 is 42.8 Å². The summed E-state index contributed by atoms with van der Waals surface area (Å²) in [6.07, 6.45) is 6.32. The third-order valence-corrected chi connectivity index (χ3v) is 4.68. The summed E-state index contributed by atoms with van der Waals surface area (Å²) in [7, 11) is 4.05. The van der Waals surface area contributed by atoms with Gasteiger partial charge in [-0.25, -0.2) is 0 Å². The topological polar surface area (TPSA) is 77.1 Å². The first-order valence-corrected chi connectivity index (χ1v) is 13.0. The highest BCUT2D eigenvalue weighted by atomic mass is 16.6. The first-order valence-electron chi connectivity index (χ1n) is 13.0. The molecule has 0 aliphatic rings. The Morgan fingerprint density at radius 1 is 0.353 bits per heavy atom. The molecule has 0 aromatic rings. The number of ether oxygens (including phenoxy) is 8. The zero-order valence-corrected chi connectivity index (χ0v) is 22.3. The molecule has 0 aliphatic heterocycles. The minimum absolute atomic E-state index is 0.547. The Balaban J connectivity index is 3.00. The normalized spacial score (nSPS) is 11.6. The van der Waals surface area contributed by atoms with Gasteiger partial charge >= 0.3 is 0 Å². The zero-order valence-electron chi connectivity index (χ0n) is 22.3. The van der Waals surface area contributed by atoms with Crippen LogP contribution in [0.4, 0.5) is 0 Å². The summed E-state index contributed by atoms with van der Waals surface area (Å²) in [5.41, 5.74) is 0. The molecule has 9 heteroatoms. The van der Waals surface area contributed by atoms with Gasteiger partial charge in [-0.05, 0) is 20.5 Å². The van der Waals surface area contributed by atoms with Crippen molar-refractivity contribution in [3.63, 3.8) is 0 Å². The van der Waals surface area contributed by atoms with E-state index in [4.69, 9.17) is 37.9 Å². The van der Waals surface area contributed by atoms with Crippen molar-refractivity contribution in [1.29, 1.82) is 0 Å². The second-order valence-corrected chi connectivity index (χ2v) is 8.12. The van der Waals surface area contributed by atoms with Crippen LogP contribution in [0.5, 0.6) is 0 Å². The molecular weight excluding hydrogens is 442 g/mol. The van der Waals surface area contributed by atoms with Gasteiger partial charge in [-0.1, -0.05) is 32.6 Å². The molecule has 0 atom stereocenters. The van der Waals surface area contributed by atoms with Gasteiger partial charge in [-0.2, -0.15) is 0 Å². The quantitative estimate of drug-likeness (QED) is 0.140. The fraction of sp³-hybridized carbons (Fsp3) is 1.00. The Morgan fingerprint density at radius 3 is 0.971 bits per heavy atom. The van der Waals surface area contributed by atoms with E-state index >= 15 is 0 Å². The van der Waals surface area contributed by atoms with Crippen molar-refractivity contribution < 1.29 is 37.9 Å². The van der Waals surface area contributed by atoms with E-state index in [0.29, 0.717) is 92.5 Å². The van der Waals surface area contributed by atoms with Crippen LogP contribution in [0.3, 0.4) is 0 Å². The van der Waals surface area contributed by atoms with Gasteiger partial charge in [0.2, 0.25) is 0 Å². The van der Waals surface area contributed by atoms with E-state index in [9.17, 15) is 0 Å². The molecule has 0 aliphatic carbocycles. The summed E-state index contributed by atoms with van der Waals surface area (Å²) in [5.74, 6) is 0. The molecule has 0 spiro atoms. The van der Waals surface area contributed by atoms with Crippen LogP contribution in [-0.4, -0.2) is 131 Å². The summed E-state index contributed by atoms with van der Waals surface area (Å²) in [6.45, 7) is 12.8. The van der Waals surface area contributed by atoms with Crippen LogP contribution >= 0.6 is 0 Å². The molecule has 0 bridgehead atoms. The molecule has 0 heterocycles. The van der Waals surface area contributed by atoms with Gasteiger partial charge in [0.1, 0.15) is 0 Å². The van der Waals surface area contributed by atoms with Gasteiger partial charge in [0.25, 0.3) is 0 Å². The third kappa shape index (κ3) is 31.6. The number of unbranched alkanes of at least 4 members (excludes halogenated alkanes) is 4. The molecule has 0 rings (SSSR count). The maximum Gasteiger partial charge on any atom is 0.0701 e. The average molecular weight is 496 g/mol. The van der Waals surface area contributed by atoms with Crippen molar-refractivity contribution in [2.75, 3.05) is 126 Å². The van der Waals surface area contributed by atoms with Crippen molar-refractivity contribution in [1.82, 2.24) is 4.90 Å². The largest absolute Gasteiger partial charge is 0.379 e. The van der Waals surface area contributed by atoms with Crippen LogP contribution in [0.2, 0.25) is 0 Å². The Kier molecular flexibility index (Phi) is 30.3. The third-order valence-electron chi connectivity index (χ3n) is 4.68. The highest BCUT2D eigenvalue weighted by molar-refractivity contribution is 4.42. The van der Waals surface area contributed by atoms with E-state index in [1.807, 2.05) is 14.1 Å². The monoisotopic (exact) mass is 495 g/mol. The predicted molar refractivity (Wildman–Crippen MR) is 134 cm³/mol. The molecule has 0 aromatic carbocycles. The number of rotatable bonds is 30. The molecule has 0 unspecified atom stereocenters. The van der Waals surface area contributed by atoms with Crippen LogP contribution in [0.15, 0.2) is 0 Å². The van der Waals surface area contributed by atoms with Crippen molar-refractivity contribution >= 4 is 0 Å². The van der Waals surface area contributed by atoms with Crippen molar-refractivity contribution in [2.24, 2.45) is 0 Å². The second-order valence-electron chi connectivity index (χ2n) is 8.12. The van der Waals surface area contributed by atoms with Gasteiger partial charge in [-0.15, -0.1) is 0 Å². The van der Waals surface area contributed by atoms with Gasteiger partial charge in [0, 0.05) is 13.2 Å². The lowest BCUT2D eigenvalue weighted by Crippen LogP contribution is -2.19. The molecule has 0 amide bonds. The molecular formula is C25H53NO8. The number of likely N-dealkylation sites (N-methyl/N-ethyl adjacent to an activating group) is 1. The van der Waals surface area contributed by atoms with Crippen molar-refractivity contribution in [3.05, 3.63) is 0 Å². The highest BCUT2D eigenvalue weighted by Crippen LogP contribution is 2.02. The van der Waals surface area contributed by atoms with Crippen LogP contribution in [0, 0.1) is 0 Å². The minimum atomic E-state index is 0.547. The molecule has 0 saturated heterocycles. The molecule has 34 heavy (non-hydrogen) atoms. The lowest BCUT2D eigenvalue weighted by Gasteiger charge is -2.10. The fourth-order valence-electron chi connectivity index (χ4n) is 2.70. The van der Waals surface area contributed by atoms with E-state index < -0.39 is 0 Å². The molecule has 0 N–H and O–H groups in total. The van der Waals surface area contributed by atoms with Crippen LogP contribution in [-0.2, 0) is 37.9 Å². The van der Waals surface area contributed by atoms with Crippen LogP contribution in [0.25, 0.3) is 0 Å². The highest BCUT2D eigenvalue weighted by Gasteiger charge is 1.96. The summed E-state index contributed by atoms with van der Waals surface area (Å²) >= 11 is 0. The second kappa shape index (κ2) is 30.7. The van der Waals surface area contributed by atoms with Gasteiger partial charge in [-0.3, -0.25) is 0 Å². The SMILES string of the molecule is CCCCCCCOCCOCCOCCOCCOCCOCCOCCOCCN(C)C. The number of nitrogens with zero attached hydrogens (tertiary/aromatic N) is 1. The first-order chi connectivity index (χ1) is 16.8. The van der Waals surface area contributed by atoms with Gasteiger partial charge in [0.05, 0.1) is 99.1 Å². The Bertz CT molecular complexity index is 364. The van der Waals surface area contributed by atoms with E-state index in [2.05, 4.69) is 11.8 Å². The summed E-state index contributed by atoms with van der Waals surface area (Å²) in [5, 5.41) is 0. The lowest BCUT2D eigenvalue weighted by atomic mass is 10.2. The van der Waals surface area contributed by atoms with Crippen molar-refractivity contribution in [3.8, 4) is 0 Å². The number of hydrogen-bond donors (Lipinski definition) is 0. The van der Waals surface area contributed by atoms with E-state index in [-0.39, 0.29) is 0 Å². The van der Waals surface area contributed by atoms with Crippen LogP contribution in [0.1, 0.15) is 39.0 Å². The molecule has 0 fully saturated rings. The van der Waals surface area contributed by atoms with Crippen LogP contribution < -0.4 is 0 Å². The number of hydrogen-bond acceptors (Lipinski definition) is 9. The average Bonchev–Trinajstić information content (AvgIpc) is 2.83. The first kappa shape index (κ1) is 33.6. The lowest BCUT2D eigenvalue weighted by molar-refractivity contribution is -0.0233. The molecule has 206 valence electrons. The summed E-state index contributed by atoms with van der Waals surface area (Å²) in [4.78, 5) is 2.09. The predicted octanol–water partition coefficient (Wildman–Crippen LogP) is 2.65. The van der Waals surface area contributed by atoms with E-state index in [0.717, 1.165) is 26.2 Å². The van der Waals surface area contributed by atoms with Gasteiger partial charge in [0.15, 0.2) is 0 Å². The Morgan fingerprint density at radius 2 is 0.647 bits per heavy atom. The summed E-state index contributed by atoms with van der Waals surface area (Å²) in [6, 6.07) is 0. The molecule has 0 saturated carbocycles. The fourth-order valence-corrected chi connectivity index (χ4v) is 2.70. The maximum atomic E-state index is 5.55. The minimum Gasteiger partial charge on any atom is -0.379 e. The standard InChI is InChI=1S/C25H53NO8/c1-4-5-6-7-8-10-27-12-14-29-16-18-31-20-22-33-24-25-34-23-21-32-19-17-30-15-13-28-11-9-26(2)3/h4-25H2,1-3H3. The maximum absolute atomic E-state index is 5.55. The van der Waals surface area contributed by atoms with E-state index in [1.165, 1.54) is 25.7 Å². The summed E-state index contributed by atoms with van der Waals surface area (Å²) < 4.78 is 43.8. The zero-order chi connectivity index (χ0) is 24.8. The van der Waals surface area contributed by atoms with E-state index in [1.54, 1.807) is 0 Å². The molecule has 0 aromatic heterocycles. The smallest absolute Gasteiger partial charge is 0.0701 e. The Hall–Kier alpha value is -0.360. The molecule has 9 nitrogen and oxygen atoms in total. The van der Waals surface area contributed by atoms with Crippen molar-refractivity contribution in [2.45, 2.75) is 39.0 Å². The Labute approximate surface area is 208 Å².